The molecular formula is C10H8BrN3O. The number of aryl methyl sites for hydroxylation is 1. The molecule has 0 saturated heterocycles. The molecule has 0 unspecified atom stereocenters. The van der Waals surface area contributed by atoms with Crippen molar-refractivity contribution in [2.75, 3.05) is 0 Å². The van der Waals surface area contributed by atoms with Crippen molar-refractivity contribution in [3.63, 3.8) is 0 Å². The number of aromatic nitrogens is 3. The number of hydrogen-bond acceptors (Lipinski definition) is 4. The number of hydrogen-bond donors (Lipinski definition) is 0. The molecule has 0 aliphatic heterocycles. The Morgan fingerprint density at radius 2 is 2.20 bits per heavy atom. The Kier molecular flexibility index (Phi) is 2.91. The normalized spacial score (nSPS) is 10.0. The standard InChI is InChI=1S/C10H8BrN3O/c1-7-6-12-14-10(13-7)15-9-4-2-3-8(11)5-9/h2-6H,1H3. The minimum Gasteiger partial charge on any atom is -0.423 e. The van der Waals surface area contributed by atoms with Crippen molar-refractivity contribution in [1.82, 2.24) is 15.2 Å². The predicted molar refractivity (Wildman–Crippen MR) is 58.8 cm³/mol. The molecule has 0 radical (unpaired) electrons. The molecule has 2 aromatic rings. The van der Waals surface area contributed by atoms with Gasteiger partial charge in [-0.1, -0.05) is 27.1 Å². The molecule has 0 aliphatic rings. The third-order valence-corrected chi connectivity index (χ3v) is 2.16. The molecule has 0 fully saturated rings. The average Bonchev–Trinajstić information content (AvgIpc) is 2.17. The van der Waals surface area contributed by atoms with E-state index in [9.17, 15) is 0 Å². The van der Waals surface area contributed by atoms with Gasteiger partial charge in [0.25, 0.3) is 0 Å². The molecule has 0 N–H and O–H groups in total. The van der Waals surface area contributed by atoms with Crippen LogP contribution in [0.2, 0.25) is 0 Å². The van der Waals surface area contributed by atoms with Crippen LogP contribution in [0.15, 0.2) is 34.9 Å². The van der Waals surface area contributed by atoms with Gasteiger partial charge in [0, 0.05) is 4.47 Å². The monoisotopic (exact) mass is 265 g/mol. The fourth-order valence-corrected chi connectivity index (χ4v) is 1.42. The summed E-state index contributed by atoms with van der Waals surface area (Å²) in [6.45, 7) is 1.84. The molecule has 0 atom stereocenters. The minimum absolute atomic E-state index is 0.258. The van der Waals surface area contributed by atoms with Crippen molar-refractivity contribution >= 4 is 15.9 Å². The van der Waals surface area contributed by atoms with Gasteiger partial charge in [-0.25, -0.2) is 0 Å². The van der Waals surface area contributed by atoms with E-state index in [0.717, 1.165) is 10.2 Å². The Balaban J connectivity index is 2.22. The van der Waals surface area contributed by atoms with E-state index in [1.807, 2.05) is 31.2 Å². The lowest BCUT2D eigenvalue weighted by Gasteiger charge is -2.02. The molecule has 2 rings (SSSR count). The van der Waals surface area contributed by atoms with Crippen molar-refractivity contribution in [2.24, 2.45) is 0 Å². The molecule has 1 aromatic heterocycles. The van der Waals surface area contributed by atoms with Gasteiger partial charge in [-0.05, 0) is 25.1 Å². The summed E-state index contributed by atoms with van der Waals surface area (Å²) in [5.41, 5.74) is 0.773. The first-order valence-corrected chi connectivity index (χ1v) is 5.13. The van der Waals surface area contributed by atoms with E-state index >= 15 is 0 Å². The average molecular weight is 266 g/mol. The van der Waals surface area contributed by atoms with Crippen LogP contribution in [0.25, 0.3) is 0 Å². The van der Waals surface area contributed by atoms with Crippen LogP contribution in [-0.4, -0.2) is 15.2 Å². The van der Waals surface area contributed by atoms with Gasteiger partial charge in [-0.2, -0.15) is 10.1 Å². The zero-order valence-electron chi connectivity index (χ0n) is 8.01. The van der Waals surface area contributed by atoms with Crippen molar-refractivity contribution < 1.29 is 4.74 Å². The molecule has 0 saturated carbocycles. The van der Waals surface area contributed by atoms with Gasteiger partial charge >= 0.3 is 6.01 Å². The van der Waals surface area contributed by atoms with Gasteiger partial charge in [0.2, 0.25) is 0 Å². The number of rotatable bonds is 2. The first kappa shape index (κ1) is 10.0. The predicted octanol–water partition coefficient (Wildman–Crippen LogP) is 2.73. The maximum atomic E-state index is 5.43. The van der Waals surface area contributed by atoms with Gasteiger partial charge in [0.15, 0.2) is 0 Å². The zero-order valence-corrected chi connectivity index (χ0v) is 9.60. The van der Waals surface area contributed by atoms with E-state index < -0.39 is 0 Å². The zero-order chi connectivity index (χ0) is 10.7. The maximum Gasteiger partial charge on any atom is 0.341 e. The van der Waals surface area contributed by atoms with E-state index in [1.165, 1.54) is 0 Å². The topological polar surface area (TPSA) is 47.9 Å². The number of nitrogens with zero attached hydrogens (tertiary/aromatic N) is 3. The smallest absolute Gasteiger partial charge is 0.341 e. The number of ether oxygens (including phenoxy) is 1. The number of benzene rings is 1. The lowest BCUT2D eigenvalue weighted by molar-refractivity contribution is 0.431. The van der Waals surface area contributed by atoms with E-state index in [4.69, 9.17) is 4.74 Å². The maximum absolute atomic E-state index is 5.43. The fourth-order valence-electron chi connectivity index (χ4n) is 1.04. The summed E-state index contributed by atoms with van der Waals surface area (Å²) < 4.78 is 6.37. The third-order valence-electron chi connectivity index (χ3n) is 1.67. The molecule has 1 aromatic carbocycles. The summed E-state index contributed by atoms with van der Waals surface area (Å²) in [4.78, 5) is 4.09. The second kappa shape index (κ2) is 4.35. The van der Waals surface area contributed by atoms with Crippen molar-refractivity contribution in [3.8, 4) is 11.8 Å². The van der Waals surface area contributed by atoms with Gasteiger partial charge in [0.1, 0.15) is 5.75 Å². The molecule has 5 heteroatoms. The summed E-state index contributed by atoms with van der Waals surface area (Å²) in [6, 6.07) is 7.72. The van der Waals surface area contributed by atoms with Gasteiger partial charge in [-0.3, -0.25) is 0 Å². The van der Waals surface area contributed by atoms with Crippen LogP contribution in [-0.2, 0) is 0 Å². The van der Waals surface area contributed by atoms with Gasteiger partial charge in [0.05, 0.1) is 11.9 Å². The molecule has 0 aliphatic carbocycles. The van der Waals surface area contributed by atoms with Crippen LogP contribution < -0.4 is 4.74 Å². The molecule has 4 nitrogen and oxygen atoms in total. The summed E-state index contributed by atoms with van der Waals surface area (Å²) in [6.07, 6.45) is 1.58. The van der Waals surface area contributed by atoms with Crippen LogP contribution in [0.1, 0.15) is 5.69 Å². The Morgan fingerprint density at radius 3 is 2.93 bits per heavy atom. The van der Waals surface area contributed by atoms with Crippen LogP contribution in [0, 0.1) is 6.92 Å². The second-order valence-electron chi connectivity index (χ2n) is 2.94. The summed E-state index contributed by atoms with van der Waals surface area (Å²) in [7, 11) is 0. The molecular weight excluding hydrogens is 258 g/mol. The van der Waals surface area contributed by atoms with E-state index in [-0.39, 0.29) is 6.01 Å². The van der Waals surface area contributed by atoms with Crippen molar-refractivity contribution in [2.45, 2.75) is 6.92 Å². The van der Waals surface area contributed by atoms with Crippen LogP contribution in [0.4, 0.5) is 0 Å². The van der Waals surface area contributed by atoms with Crippen LogP contribution >= 0.6 is 15.9 Å². The summed E-state index contributed by atoms with van der Waals surface area (Å²) in [5, 5.41) is 7.52. The van der Waals surface area contributed by atoms with Gasteiger partial charge < -0.3 is 4.74 Å². The first-order chi connectivity index (χ1) is 7.24. The van der Waals surface area contributed by atoms with E-state index in [1.54, 1.807) is 6.20 Å². The molecule has 1 heterocycles. The quantitative estimate of drug-likeness (QED) is 0.838. The highest BCUT2D eigenvalue weighted by molar-refractivity contribution is 9.10. The Hall–Kier alpha value is -1.49. The first-order valence-electron chi connectivity index (χ1n) is 4.34. The lowest BCUT2D eigenvalue weighted by Crippen LogP contribution is -1.95. The van der Waals surface area contributed by atoms with Gasteiger partial charge in [-0.15, -0.1) is 0 Å². The Bertz CT molecular complexity index is 432. The van der Waals surface area contributed by atoms with Crippen LogP contribution in [0.3, 0.4) is 0 Å². The largest absolute Gasteiger partial charge is 0.423 e. The molecule has 76 valence electrons. The highest BCUT2D eigenvalue weighted by atomic mass is 79.9. The van der Waals surface area contributed by atoms with Crippen molar-refractivity contribution in [1.29, 1.82) is 0 Å². The summed E-state index contributed by atoms with van der Waals surface area (Å²) >= 11 is 3.35. The Morgan fingerprint density at radius 1 is 1.33 bits per heavy atom. The fraction of sp³-hybridized carbons (Fsp3) is 0.100. The molecule has 0 amide bonds. The molecule has 15 heavy (non-hydrogen) atoms. The van der Waals surface area contributed by atoms with E-state index in [0.29, 0.717) is 5.75 Å². The summed E-state index contributed by atoms with van der Waals surface area (Å²) in [5.74, 6) is 0.678. The number of halogens is 1. The Labute approximate surface area is 95.5 Å². The third kappa shape index (κ3) is 2.73. The lowest BCUT2D eigenvalue weighted by atomic mass is 10.3. The molecule has 0 bridgehead atoms. The van der Waals surface area contributed by atoms with Crippen LogP contribution in [0.5, 0.6) is 11.8 Å². The SMILES string of the molecule is Cc1cnnc(Oc2cccc(Br)c2)n1. The highest BCUT2D eigenvalue weighted by Crippen LogP contribution is 2.21. The molecule has 0 spiro atoms. The van der Waals surface area contributed by atoms with Crippen molar-refractivity contribution in [3.05, 3.63) is 40.6 Å². The highest BCUT2D eigenvalue weighted by Gasteiger charge is 2.01. The van der Waals surface area contributed by atoms with E-state index in [2.05, 4.69) is 31.1 Å². The minimum atomic E-state index is 0.258. The second-order valence-corrected chi connectivity index (χ2v) is 3.86.